The third kappa shape index (κ3) is 3.32. The summed E-state index contributed by atoms with van der Waals surface area (Å²) >= 11 is 2.05. The molecule has 114 valence electrons. The Labute approximate surface area is 128 Å². The van der Waals surface area contributed by atoms with Crippen molar-refractivity contribution >= 4 is 22.8 Å². The first-order chi connectivity index (χ1) is 10.1. The Bertz CT molecular complexity index is 663. The number of rotatable bonds is 5. The summed E-state index contributed by atoms with van der Waals surface area (Å²) in [5.41, 5.74) is 2.41. The maximum atomic E-state index is 11.7. The van der Waals surface area contributed by atoms with E-state index in [1.807, 2.05) is 6.20 Å². The first-order valence-corrected chi connectivity index (χ1v) is 8.56. The van der Waals surface area contributed by atoms with Crippen molar-refractivity contribution in [3.05, 3.63) is 28.4 Å². The summed E-state index contributed by atoms with van der Waals surface area (Å²) in [6, 6.07) is 0. The van der Waals surface area contributed by atoms with E-state index >= 15 is 0 Å². The average Bonchev–Trinajstić information content (AvgIpc) is 3.06. The van der Waals surface area contributed by atoms with Crippen LogP contribution in [-0.4, -0.2) is 43.9 Å². The summed E-state index contributed by atoms with van der Waals surface area (Å²) in [5.74, 6) is 2.04. The Kier molecular flexibility index (Phi) is 4.35. The molecule has 0 aromatic carbocycles. The molecule has 0 radical (unpaired) electrons. The Hall–Kier alpha value is -1.27. The van der Waals surface area contributed by atoms with E-state index in [1.165, 1.54) is 18.5 Å². The van der Waals surface area contributed by atoms with Gasteiger partial charge in [-0.05, 0) is 29.9 Å². The molecule has 6 heteroatoms. The molecule has 2 aromatic rings. The van der Waals surface area contributed by atoms with Crippen LogP contribution in [0.2, 0.25) is 0 Å². The number of H-pyrrole nitrogens is 2. The number of fused-ring (bicyclic) bond motifs is 1. The summed E-state index contributed by atoms with van der Waals surface area (Å²) in [4.78, 5) is 24.1. The zero-order valence-electron chi connectivity index (χ0n) is 12.6. The van der Waals surface area contributed by atoms with Gasteiger partial charge < -0.3 is 9.97 Å². The smallest absolute Gasteiger partial charge is 0.275 e. The fourth-order valence-corrected chi connectivity index (χ4v) is 3.82. The molecule has 1 fully saturated rings. The molecule has 0 amide bonds. The van der Waals surface area contributed by atoms with E-state index < -0.39 is 0 Å². The number of hydrogen-bond acceptors (Lipinski definition) is 4. The van der Waals surface area contributed by atoms with Gasteiger partial charge in [0, 0.05) is 24.8 Å². The lowest BCUT2D eigenvalue weighted by molar-refractivity contribution is 0.322. The second kappa shape index (κ2) is 6.23. The quantitative estimate of drug-likeness (QED) is 0.889. The standard InChI is InChI=1S/C15H22N4OS/c1-10(2)21-8-11-3-4-19(6-11)7-12-5-16-14-13(12)17-9-18-15(14)20/h5,9-11,16H,3-4,6-8H2,1-2H3,(H,17,18,20)/t11-/m1/s1. The van der Waals surface area contributed by atoms with Gasteiger partial charge in [0.15, 0.2) is 0 Å². The molecule has 21 heavy (non-hydrogen) atoms. The first-order valence-electron chi connectivity index (χ1n) is 7.51. The topological polar surface area (TPSA) is 64.8 Å². The minimum atomic E-state index is -0.0983. The van der Waals surface area contributed by atoms with Crippen molar-refractivity contribution in [1.82, 2.24) is 19.9 Å². The minimum Gasteiger partial charge on any atom is -0.355 e. The van der Waals surface area contributed by atoms with Gasteiger partial charge in [-0.15, -0.1) is 0 Å². The molecule has 1 aliphatic rings. The second-order valence-electron chi connectivity index (χ2n) is 6.04. The summed E-state index contributed by atoms with van der Waals surface area (Å²) in [5, 5.41) is 0.712. The second-order valence-corrected chi connectivity index (χ2v) is 7.65. The third-order valence-electron chi connectivity index (χ3n) is 3.98. The highest BCUT2D eigenvalue weighted by atomic mass is 32.2. The molecule has 0 aliphatic carbocycles. The zero-order chi connectivity index (χ0) is 14.8. The predicted molar refractivity (Wildman–Crippen MR) is 87.7 cm³/mol. The van der Waals surface area contributed by atoms with Crippen molar-refractivity contribution < 1.29 is 0 Å². The third-order valence-corrected chi connectivity index (χ3v) is 5.31. The van der Waals surface area contributed by atoms with E-state index in [0.717, 1.165) is 36.6 Å². The molecular weight excluding hydrogens is 284 g/mol. The van der Waals surface area contributed by atoms with Gasteiger partial charge in [0.1, 0.15) is 5.52 Å². The molecule has 0 saturated carbocycles. The largest absolute Gasteiger partial charge is 0.355 e. The zero-order valence-corrected chi connectivity index (χ0v) is 13.4. The molecule has 0 bridgehead atoms. The number of hydrogen-bond donors (Lipinski definition) is 2. The van der Waals surface area contributed by atoms with Gasteiger partial charge in [0.2, 0.25) is 0 Å². The van der Waals surface area contributed by atoms with Gasteiger partial charge in [0.05, 0.1) is 11.8 Å². The Balaban J connectivity index is 1.64. The summed E-state index contributed by atoms with van der Waals surface area (Å²) < 4.78 is 0. The van der Waals surface area contributed by atoms with Crippen molar-refractivity contribution in [1.29, 1.82) is 0 Å². The van der Waals surface area contributed by atoms with E-state index in [9.17, 15) is 4.79 Å². The van der Waals surface area contributed by atoms with Gasteiger partial charge in [0.25, 0.3) is 5.56 Å². The van der Waals surface area contributed by atoms with Gasteiger partial charge in [-0.1, -0.05) is 13.8 Å². The molecule has 1 saturated heterocycles. The van der Waals surface area contributed by atoms with E-state index in [1.54, 1.807) is 0 Å². The molecule has 5 nitrogen and oxygen atoms in total. The van der Waals surface area contributed by atoms with Crippen molar-refractivity contribution in [2.45, 2.75) is 32.1 Å². The maximum absolute atomic E-state index is 11.7. The SMILES string of the molecule is CC(C)SC[C@@H]1CCN(Cc2c[nH]c3c(=O)[nH]cnc23)C1. The van der Waals surface area contributed by atoms with Gasteiger partial charge in [-0.2, -0.15) is 11.8 Å². The van der Waals surface area contributed by atoms with Crippen molar-refractivity contribution in [2.75, 3.05) is 18.8 Å². The Morgan fingerprint density at radius 3 is 3.14 bits per heavy atom. The van der Waals surface area contributed by atoms with Crippen LogP contribution in [0.4, 0.5) is 0 Å². The monoisotopic (exact) mass is 306 g/mol. The van der Waals surface area contributed by atoms with Crippen LogP contribution >= 0.6 is 11.8 Å². The van der Waals surface area contributed by atoms with Crippen LogP contribution in [0, 0.1) is 5.92 Å². The average molecular weight is 306 g/mol. The number of aromatic nitrogens is 3. The first kappa shape index (κ1) is 14.7. The van der Waals surface area contributed by atoms with Crippen molar-refractivity contribution in [2.24, 2.45) is 5.92 Å². The number of likely N-dealkylation sites (tertiary alicyclic amines) is 1. The minimum absolute atomic E-state index is 0.0983. The molecular formula is C15H22N4OS. The normalized spacial score (nSPS) is 19.9. The van der Waals surface area contributed by atoms with Crippen LogP contribution in [0.1, 0.15) is 25.8 Å². The van der Waals surface area contributed by atoms with Crippen molar-refractivity contribution in [3.8, 4) is 0 Å². The van der Waals surface area contributed by atoms with E-state index in [-0.39, 0.29) is 5.56 Å². The number of nitrogens with zero attached hydrogens (tertiary/aromatic N) is 2. The fourth-order valence-electron chi connectivity index (χ4n) is 2.89. The molecule has 2 aromatic heterocycles. The predicted octanol–water partition coefficient (Wildman–Crippen LogP) is 2.21. The lowest BCUT2D eigenvalue weighted by atomic mass is 10.2. The van der Waals surface area contributed by atoms with E-state index in [4.69, 9.17) is 0 Å². The van der Waals surface area contributed by atoms with Crippen LogP contribution in [-0.2, 0) is 6.54 Å². The summed E-state index contributed by atoms with van der Waals surface area (Å²) in [7, 11) is 0. The number of aromatic amines is 2. The molecule has 3 heterocycles. The highest BCUT2D eigenvalue weighted by molar-refractivity contribution is 7.99. The van der Waals surface area contributed by atoms with Gasteiger partial charge >= 0.3 is 0 Å². The van der Waals surface area contributed by atoms with E-state index in [2.05, 4.69) is 45.5 Å². The molecule has 1 atom stereocenters. The summed E-state index contributed by atoms with van der Waals surface area (Å²) in [6.45, 7) is 7.67. The van der Waals surface area contributed by atoms with Crippen LogP contribution < -0.4 is 5.56 Å². The lowest BCUT2D eigenvalue weighted by Gasteiger charge is -2.15. The van der Waals surface area contributed by atoms with Crippen molar-refractivity contribution in [3.63, 3.8) is 0 Å². The molecule has 1 aliphatic heterocycles. The van der Waals surface area contributed by atoms with Crippen LogP contribution in [0.5, 0.6) is 0 Å². The summed E-state index contributed by atoms with van der Waals surface area (Å²) in [6.07, 6.45) is 4.67. The van der Waals surface area contributed by atoms with Gasteiger partial charge in [-0.25, -0.2) is 4.98 Å². The number of thioether (sulfide) groups is 1. The van der Waals surface area contributed by atoms with Crippen LogP contribution in [0.15, 0.2) is 17.3 Å². The maximum Gasteiger partial charge on any atom is 0.275 e. The van der Waals surface area contributed by atoms with Gasteiger partial charge in [-0.3, -0.25) is 9.69 Å². The highest BCUT2D eigenvalue weighted by Crippen LogP contribution is 2.25. The van der Waals surface area contributed by atoms with Crippen LogP contribution in [0.3, 0.4) is 0 Å². The Morgan fingerprint density at radius 1 is 1.48 bits per heavy atom. The lowest BCUT2D eigenvalue weighted by Crippen LogP contribution is -2.21. The molecule has 0 spiro atoms. The Morgan fingerprint density at radius 2 is 2.33 bits per heavy atom. The molecule has 2 N–H and O–H groups in total. The van der Waals surface area contributed by atoms with Crippen LogP contribution in [0.25, 0.3) is 11.0 Å². The molecule has 0 unspecified atom stereocenters. The highest BCUT2D eigenvalue weighted by Gasteiger charge is 2.23. The van der Waals surface area contributed by atoms with E-state index in [0.29, 0.717) is 10.8 Å². The fraction of sp³-hybridized carbons (Fsp3) is 0.600. The number of nitrogens with one attached hydrogen (secondary N) is 2. The molecule has 3 rings (SSSR count).